The van der Waals surface area contributed by atoms with Crippen LogP contribution in [0.15, 0.2) is 0 Å². The quantitative estimate of drug-likeness (QED) is 0.594. The molecule has 2 amide bonds. The molecule has 0 bridgehead atoms. The largest absolute Gasteiger partial charge is 0.450 e. The highest BCUT2D eigenvalue weighted by Gasteiger charge is 2.17. The first-order chi connectivity index (χ1) is 9.78. The summed E-state index contributed by atoms with van der Waals surface area (Å²) in [6.07, 6.45) is 1.05. The molecule has 0 saturated heterocycles. The SMILES string of the molecule is CCCCOC(=O)N[C@H](CO)CCNC(=O)OC(C)(C)C. The minimum Gasteiger partial charge on any atom is -0.450 e. The maximum atomic E-state index is 11.4. The first-order valence-electron chi connectivity index (χ1n) is 7.29. The molecule has 0 aromatic heterocycles. The number of carbonyl (C=O) groups is 2. The van der Waals surface area contributed by atoms with E-state index in [-0.39, 0.29) is 13.2 Å². The van der Waals surface area contributed by atoms with Gasteiger partial charge in [0.1, 0.15) is 5.60 Å². The van der Waals surface area contributed by atoms with Gasteiger partial charge in [-0.1, -0.05) is 13.3 Å². The van der Waals surface area contributed by atoms with Crippen LogP contribution in [0.4, 0.5) is 9.59 Å². The van der Waals surface area contributed by atoms with Gasteiger partial charge in [0, 0.05) is 6.54 Å². The Hall–Kier alpha value is -1.50. The normalized spacial score (nSPS) is 12.4. The van der Waals surface area contributed by atoms with Crippen molar-refractivity contribution in [1.82, 2.24) is 10.6 Å². The first-order valence-corrected chi connectivity index (χ1v) is 7.29. The molecule has 3 N–H and O–H groups in total. The Morgan fingerprint density at radius 2 is 1.90 bits per heavy atom. The molecule has 0 aromatic carbocycles. The van der Waals surface area contributed by atoms with Crippen molar-refractivity contribution in [3.8, 4) is 0 Å². The number of alkyl carbamates (subject to hydrolysis) is 2. The van der Waals surface area contributed by atoms with Gasteiger partial charge in [-0.3, -0.25) is 0 Å². The molecule has 0 rings (SSSR count). The molecule has 0 aliphatic carbocycles. The first kappa shape index (κ1) is 19.5. The Morgan fingerprint density at radius 1 is 1.24 bits per heavy atom. The second-order valence-corrected chi connectivity index (χ2v) is 5.73. The number of nitrogens with one attached hydrogen (secondary N) is 2. The van der Waals surface area contributed by atoms with Crippen LogP contribution in [0, 0.1) is 0 Å². The van der Waals surface area contributed by atoms with Gasteiger partial charge in [0.25, 0.3) is 0 Å². The lowest BCUT2D eigenvalue weighted by Crippen LogP contribution is -2.41. The summed E-state index contributed by atoms with van der Waals surface area (Å²) in [7, 11) is 0. The molecule has 0 radical (unpaired) electrons. The topological polar surface area (TPSA) is 96.9 Å². The summed E-state index contributed by atoms with van der Waals surface area (Å²) in [6.45, 7) is 7.75. The predicted octanol–water partition coefficient (Wildman–Crippen LogP) is 1.79. The van der Waals surface area contributed by atoms with Gasteiger partial charge in [0.2, 0.25) is 0 Å². The van der Waals surface area contributed by atoms with Gasteiger partial charge in [-0.05, 0) is 33.6 Å². The molecule has 0 aliphatic heterocycles. The minimum absolute atomic E-state index is 0.223. The maximum absolute atomic E-state index is 11.4. The summed E-state index contributed by atoms with van der Waals surface area (Å²) < 4.78 is 10.0. The summed E-state index contributed by atoms with van der Waals surface area (Å²) in [5, 5.41) is 14.3. The number of carbonyl (C=O) groups excluding carboxylic acids is 2. The zero-order valence-corrected chi connectivity index (χ0v) is 13.4. The minimum atomic E-state index is -0.556. The zero-order valence-electron chi connectivity index (χ0n) is 13.4. The molecule has 124 valence electrons. The summed E-state index contributed by atoms with van der Waals surface area (Å²) in [5.41, 5.74) is -0.554. The maximum Gasteiger partial charge on any atom is 0.407 e. The predicted molar refractivity (Wildman–Crippen MR) is 79.1 cm³/mol. The average molecular weight is 304 g/mol. The molecule has 7 nitrogen and oxygen atoms in total. The Kier molecular flexibility index (Phi) is 9.53. The van der Waals surface area contributed by atoms with Crippen LogP contribution in [0.3, 0.4) is 0 Å². The second kappa shape index (κ2) is 10.3. The summed E-state index contributed by atoms with van der Waals surface area (Å²) in [5.74, 6) is 0. The van der Waals surface area contributed by atoms with Gasteiger partial charge in [-0.25, -0.2) is 9.59 Å². The highest BCUT2D eigenvalue weighted by molar-refractivity contribution is 5.68. The number of rotatable bonds is 8. The number of amides is 2. The van der Waals surface area contributed by atoms with Gasteiger partial charge in [0.05, 0.1) is 19.3 Å². The molecule has 0 aromatic rings. The van der Waals surface area contributed by atoms with Crippen LogP contribution in [0.2, 0.25) is 0 Å². The molecular formula is C14H28N2O5. The summed E-state index contributed by atoms with van der Waals surface area (Å²) in [6, 6.07) is -0.464. The van der Waals surface area contributed by atoms with Crippen LogP contribution in [0.5, 0.6) is 0 Å². The highest BCUT2D eigenvalue weighted by Crippen LogP contribution is 2.06. The van der Waals surface area contributed by atoms with Gasteiger partial charge in [-0.2, -0.15) is 0 Å². The van der Waals surface area contributed by atoms with Crippen molar-refractivity contribution in [2.75, 3.05) is 19.8 Å². The van der Waals surface area contributed by atoms with Crippen molar-refractivity contribution < 1.29 is 24.2 Å². The summed E-state index contributed by atoms with van der Waals surface area (Å²) in [4.78, 5) is 22.8. The van der Waals surface area contributed by atoms with Gasteiger partial charge >= 0.3 is 12.2 Å². The van der Waals surface area contributed by atoms with Crippen molar-refractivity contribution in [2.45, 2.75) is 58.6 Å². The fraction of sp³-hybridized carbons (Fsp3) is 0.857. The fourth-order valence-electron chi connectivity index (χ4n) is 1.39. The molecule has 0 spiro atoms. The number of aliphatic hydroxyl groups is 1. The van der Waals surface area contributed by atoms with Crippen LogP contribution in [0.1, 0.15) is 47.0 Å². The molecule has 0 unspecified atom stereocenters. The van der Waals surface area contributed by atoms with E-state index in [9.17, 15) is 14.7 Å². The molecular weight excluding hydrogens is 276 g/mol. The lowest BCUT2D eigenvalue weighted by atomic mass is 10.2. The molecule has 1 atom stereocenters. The van der Waals surface area contributed by atoms with E-state index in [0.717, 1.165) is 12.8 Å². The van der Waals surface area contributed by atoms with E-state index in [1.807, 2.05) is 6.92 Å². The Labute approximate surface area is 126 Å². The number of hydrogen-bond donors (Lipinski definition) is 3. The van der Waals surface area contributed by atoms with Crippen LogP contribution in [0.25, 0.3) is 0 Å². The van der Waals surface area contributed by atoms with E-state index >= 15 is 0 Å². The molecule has 7 heteroatoms. The molecule has 0 fully saturated rings. The third-order valence-corrected chi connectivity index (χ3v) is 2.43. The van der Waals surface area contributed by atoms with Crippen LogP contribution < -0.4 is 10.6 Å². The van der Waals surface area contributed by atoms with E-state index in [1.165, 1.54) is 0 Å². The monoisotopic (exact) mass is 304 g/mol. The van der Waals surface area contributed by atoms with Crippen molar-refractivity contribution in [3.63, 3.8) is 0 Å². The molecule has 0 heterocycles. The van der Waals surface area contributed by atoms with Crippen LogP contribution in [-0.2, 0) is 9.47 Å². The van der Waals surface area contributed by atoms with Crippen molar-refractivity contribution in [2.24, 2.45) is 0 Å². The van der Waals surface area contributed by atoms with E-state index in [0.29, 0.717) is 13.0 Å². The lowest BCUT2D eigenvalue weighted by molar-refractivity contribution is 0.0524. The van der Waals surface area contributed by atoms with E-state index in [1.54, 1.807) is 20.8 Å². The molecule has 21 heavy (non-hydrogen) atoms. The number of aliphatic hydroxyl groups excluding tert-OH is 1. The standard InChI is InChI=1S/C14H28N2O5/c1-5-6-9-20-13(19)16-11(10-17)7-8-15-12(18)21-14(2,3)4/h11,17H,5-10H2,1-4H3,(H,15,18)(H,16,19)/t11-/m0/s1. The average Bonchev–Trinajstić information content (AvgIpc) is 2.35. The Balaban J connectivity index is 3.89. The van der Waals surface area contributed by atoms with Crippen molar-refractivity contribution >= 4 is 12.2 Å². The third-order valence-electron chi connectivity index (χ3n) is 2.43. The second-order valence-electron chi connectivity index (χ2n) is 5.73. The van der Waals surface area contributed by atoms with Gasteiger partial charge in [-0.15, -0.1) is 0 Å². The number of ether oxygens (including phenoxy) is 2. The third kappa shape index (κ3) is 12.0. The van der Waals surface area contributed by atoms with Crippen LogP contribution >= 0.6 is 0 Å². The van der Waals surface area contributed by atoms with Crippen LogP contribution in [-0.4, -0.2) is 48.7 Å². The number of unbranched alkanes of at least 4 members (excludes halogenated alkanes) is 1. The van der Waals surface area contributed by atoms with Crippen molar-refractivity contribution in [1.29, 1.82) is 0 Å². The van der Waals surface area contributed by atoms with Crippen molar-refractivity contribution in [3.05, 3.63) is 0 Å². The lowest BCUT2D eigenvalue weighted by Gasteiger charge is -2.20. The molecule has 0 saturated carbocycles. The fourth-order valence-corrected chi connectivity index (χ4v) is 1.39. The van der Waals surface area contributed by atoms with E-state index in [4.69, 9.17) is 9.47 Å². The van der Waals surface area contributed by atoms with Gasteiger partial charge in [0.15, 0.2) is 0 Å². The Bertz CT molecular complexity index is 315. The van der Waals surface area contributed by atoms with E-state index < -0.39 is 23.8 Å². The van der Waals surface area contributed by atoms with E-state index in [2.05, 4.69) is 10.6 Å². The van der Waals surface area contributed by atoms with Gasteiger partial charge < -0.3 is 25.2 Å². The number of hydrogen-bond acceptors (Lipinski definition) is 5. The summed E-state index contributed by atoms with van der Waals surface area (Å²) >= 11 is 0. The Morgan fingerprint density at radius 3 is 2.43 bits per heavy atom. The zero-order chi connectivity index (χ0) is 16.3. The molecule has 0 aliphatic rings. The smallest absolute Gasteiger partial charge is 0.407 e. The highest BCUT2D eigenvalue weighted by atomic mass is 16.6.